The van der Waals surface area contributed by atoms with E-state index in [1.165, 1.54) is 25.2 Å². The number of aryl methyl sites for hydroxylation is 1. The molecule has 0 aliphatic carbocycles. The van der Waals surface area contributed by atoms with Gasteiger partial charge in [0.2, 0.25) is 5.91 Å². The summed E-state index contributed by atoms with van der Waals surface area (Å²) in [5, 5.41) is 1.19. The molecule has 0 radical (unpaired) electrons. The summed E-state index contributed by atoms with van der Waals surface area (Å²) in [6, 6.07) is 4.27. The Bertz CT molecular complexity index is 1530. The Labute approximate surface area is 277 Å². The summed E-state index contributed by atoms with van der Waals surface area (Å²) in [4.78, 5) is 35.8. The number of thiazole rings is 2. The van der Waals surface area contributed by atoms with Crippen LogP contribution in [0.5, 0.6) is 5.75 Å². The van der Waals surface area contributed by atoms with Gasteiger partial charge >= 0.3 is 11.9 Å². The van der Waals surface area contributed by atoms with E-state index in [4.69, 9.17) is 21.3 Å². The smallest absolute Gasteiger partial charge is 0.385 e. The first kappa shape index (κ1) is 35.2. The number of alkyl halides is 2. The Kier molecular flexibility index (Phi) is 10.4. The molecule has 0 N–H and O–H groups in total. The van der Waals surface area contributed by atoms with Crippen molar-refractivity contribution < 1.29 is 27.8 Å². The van der Waals surface area contributed by atoms with Gasteiger partial charge in [-0.15, -0.1) is 22.7 Å². The lowest BCUT2D eigenvalue weighted by Gasteiger charge is -2.31. The van der Waals surface area contributed by atoms with E-state index in [0.29, 0.717) is 30.3 Å². The average Bonchev–Trinajstić information content (AvgIpc) is 3.53. The molecule has 2 aromatic heterocycles. The molecule has 3 heterocycles. The summed E-state index contributed by atoms with van der Waals surface area (Å²) < 4.78 is 40.2. The summed E-state index contributed by atoms with van der Waals surface area (Å²) in [5.74, 6) is -4.66. The van der Waals surface area contributed by atoms with Crippen LogP contribution in [-0.2, 0) is 37.5 Å². The van der Waals surface area contributed by atoms with Gasteiger partial charge in [-0.05, 0) is 49.7 Å². The van der Waals surface area contributed by atoms with Gasteiger partial charge in [-0.2, -0.15) is 8.78 Å². The van der Waals surface area contributed by atoms with Crippen LogP contribution >= 0.6 is 34.3 Å². The maximum Gasteiger partial charge on any atom is 0.385 e. The maximum absolute atomic E-state index is 14.6. The molecule has 1 fully saturated rings. The van der Waals surface area contributed by atoms with Gasteiger partial charge < -0.3 is 14.4 Å². The predicted molar refractivity (Wildman–Crippen MR) is 176 cm³/mol. The van der Waals surface area contributed by atoms with Crippen LogP contribution in [0.2, 0.25) is 4.34 Å². The van der Waals surface area contributed by atoms with Crippen molar-refractivity contribution in [2.75, 3.05) is 26.8 Å². The number of likely N-dealkylation sites (tertiary alicyclic amines) is 1. The Hall–Kier alpha value is -2.63. The Morgan fingerprint density at radius 2 is 1.60 bits per heavy atom. The fourth-order valence-electron chi connectivity index (χ4n) is 5.52. The van der Waals surface area contributed by atoms with Crippen LogP contribution in [-0.4, -0.2) is 53.6 Å². The zero-order chi connectivity index (χ0) is 33.5. The molecule has 246 valence electrons. The van der Waals surface area contributed by atoms with Gasteiger partial charge in [-0.25, -0.2) is 14.8 Å². The number of rotatable bonds is 8. The van der Waals surface area contributed by atoms with Crippen LogP contribution in [0.4, 0.5) is 8.78 Å². The fraction of sp³-hybridized carbons (Fsp3) is 0.576. The standard InChI is InChI=1S/C33H42ClF2N3O4S2/c1-10-43-30(41)33(35,36)27-18(2)44-23(37-27)17-24(40)39-13-11-19(12-14-39)29-38-25(28(34)45-29)20-15-21(31(3,4)5)26(42-9)22(16-20)32(6,7)8/h15-16,19H,10-14,17H2,1-9H3. The Morgan fingerprint density at radius 1 is 1.02 bits per heavy atom. The number of aromatic nitrogens is 2. The summed E-state index contributed by atoms with van der Waals surface area (Å²) in [6.07, 6.45) is 1.31. The zero-order valence-electron chi connectivity index (χ0n) is 27.4. The van der Waals surface area contributed by atoms with Crippen molar-refractivity contribution in [1.29, 1.82) is 0 Å². The molecule has 0 saturated carbocycles. The number of hydrogen-bond donors (Lipinski definition) is 0. The topological polar surface area (TPSA) is 81.6 Å². The van der Waals surface area contributed by atoms with E-state index in [2.05, 4.69) is 63.4 Å². The second kappa shape index (κ2) is 13.2. The minimum atomic E-state index is -3.86. The van der Waals surface area contributed by atoms with Gasteiger partial charge in [0.15, 0.2) is 0 Å². The number of carbonyl (C=O) groups excluding carboxylic acids is 2. The molecule has 0 unspecified atom stereocenters. The molecular weight excluding hydrogens is 640 g/mol. The summed E-state index contributed by atoms with van der Waals surface area (Å²) in [6.45, 7) is 16.8. The minimum Gasteiger partial charge on any atom is -0.496 e. The number of nitrogens with zero attached hydrogens (tertiary/aromatic N) is 3. The molecule has 1 aliphatic rings. The van der Waals surface area contributed by atoms with Crippen molar-refractivity contribution >= 4 is 46.2 Å². The van der Waals surface area contributed by atoms with Crippen molar-refractivity contribution in [3.8, 4) is 17.0 Å². The third-order valence-electron chi connectivity index (χ3n) is 7.95. The first-order valence-electron chi connectivity index (χ1n) is 15.1. The second-order valence-electron chi connectivity index (χ2n) is 13.4. The molecule has 1 aliphatic heterocycles. The van der Waals surface area contributed by atoms with Crippen molar-refractivity contribution in [1.82, 2.24) is 14.9 Å². The first-order chi connectivity index (χ1) is 20.9. The summed E-state index contributed by atoms with van der Waals surface area (Å²) >= 11 is 9.31. The maximum atomic E-state index is 14.6. The highest BCUT2D eigenvalue weighted by Crippen LogP contribution is 2.45. The molecule has 0 atom stereocenters. The van der Waals surface area contributed by atoms with Crippen molar-refractivity contribution in [3.05, 3.63) is 48.2 Å². The van der Waals surface area contributed by atoms with Crippen LogP contribution in [0, 0.1) is 6.92 Å². The molecule has 7 nitrogen and oxygen atoms in total. The lowest BCUT2D eigenvalue weighted by atomic mass is 9.78. The highest BCUT2D eigenvalue weighted by Gasteiger charge is 2.46. The van der Waals surface area contributed by atoms with Gasteiger partial charge in [-0.3, -0.25) is 4.79 Å². The lowest BCUT2D eigenvalue weighted by molar-refractivity contribution is -0.173. The van der Waals surface area contributed by atoms with E-state index in [1.54, 1.807) is 12.0 Å². The van der Waals surface area contributed by atoms with E-state index in [1.807, 2.05) is 0 Å². The van der Waals surface area contributed by atoms with E-state index in [0.717, 1.165) is 44.5 Å². The molecule has 12 heteroatoms. The Balaban J connectivity index is 1.49. The molecule has 0 spiro atoms. The SMILES string of the molecule is CCOC(=O)C(F)(F)c1nc(CC(=O)N2CCC(c3nc(-c4cc(C(C)(C)C)c(OC)c(C(C)(C)C)c4)c(Cl)s3)CC2)sc1C. The molecule has 1 amide bonds. The normalized spacial score (nSPS) is 15.0. The lowest BCUT2D eigenvalue weighted by Crippen LogP contribution is -2.38. The van der Waals surface area contributed by atoms with Gasteiger partial charge in [0.05, 0.1) is 25.1 Å². The summed E-state index contributed by atoms with van der Waals surface area (Å²) in [7, 11) is 1.71. The van der Waals surface area contributed by atoms with Gasteiger partial charge in [0.1, 0.15) is 26.5 Å². The highest BCUT2D eigenvalue weighted by molar-refractivity contribution is 7.16. The van der Waals surface area contributed by atoms with Crippen molar-refractivity contribution in [3.63, 3.8) is 0 Å². The summed E-state index contributed by atoms with van der Waals surface area (Å²) in [5.41, 5.74) is 2.93. The number of carbonyl (C=O) groups is 2. The number of ether oxygens (including phenoxy) is 2. The van der Waals surface area contributed by atoms with Gasteiger partial charge in [-0.1, -0.05) is 53.1 Å². The van der Waals surface area contributed by atoms with Crippen molar-refractivity contribution in [2.24, 2.45) is 0 Å². The number of benzene rings is 1. The monoisotopic (exact) mass is 681 g/mol. The van der Waals surface area contributed by atoms with E-state index in [9.17, 15) is 18.4 Å². The van der Waals surface area contributed by atoms with Crippen LogP contribution in [0.25, 0.3) is 11.3 Å². The third-order valence-corrected chi connectivity index (χ3v) is 10.3. The fourth-order valence-corrected chi connectivity index (χ4v) is 7.85. The number of esters is 1. The number of amides is 1. The molecule has 0 bridgehead atoms. The van der Waals surface area contributed by atoms with Gasteiger partial charge in [0.25, 0.3) is 0 Å². The van der Waals surface area contributed by atoms with E-state index >= 15 is 0 Å². The Morgan fingerprint density at radius 3 is 2.11 bits per heavy atom. The predicted octanol–water partition coefficient (Wildman–Crippen LogP) is 8.44. The van der Waals surface area contributed by atoms with Crippen LogP contribution in [0.15, 0.2) is 12.1 Å². The van der Waals surface area contributed by atoms with E-state index in [-0.39, 0.29) is 45.6 Å². The second-order valence-corrected chi connectivity index (χ2v) is 16.3. The van der Waals surface area contributed by atoms with Crippen molar-refractivity contribution in [2.45, 2.75) is 97.3 Å². The highest BCUT2D eigenvalue weighted by atomic mass is 35.5. The minimum absolute atomic E-state index is 0.105. The van der Waals surface area contributed by atoms with Crippen LogP contribution in [0.1, 0.15) is 98.9 Å². The largest absolute Gasteiger partial charge is 0.496 e. The molecule has 1 aromatic carbocycles. The number of hydrogen-bond acceptors (Lipinski definition) is 8. The van der Waals surface area contributed by atoms with Gasteiger partial charge in [0, 0.05) is 40.6 Å². The zero-order valence-corrected chi connectivity index (χ0v) is 29.8. The number of piperidine rings is 1. The van der Waals surface area contributed by atoms with E-state index < -0.39 is 17.6 Å². The third kappa shape index (κ3) is 7.52. The molecular formula is C33H42ClF2N3O4S2. The van der Waals surface area contributed by atoms with Crippen LogP contribution in [0.3, 0.4) is 0 Å². The quantitative estimate of drug-likeness (QED) is 0.222. The van der Waals surface area contributed by atoms with Crippen LogP contribution < -0.4 is 4.74 Å². The molecule has 45 heavy (non-hydrogen) atoms. The first-order valence-corrected chi connectivity index (χ1v) is 17.1. The molecule has 1 saturated heterocycles. The average molecular weight is 682 g/mol. The molecule has 4 rings (SSSR count). The number of halogens is 3. The molecule has 3 aromatic rings. The number of methoxy groups -OCH3 is 1.